The van der Waals surface area contributed by atoms with Crippen molar-refractivity contribution in [2.24, 2.45) is 0 Å². The van der Waals surface area contributed by atoms with Gasteiger partial charge in [-0.2, -0.15) is 5.26 Å². The first-order chi connectivity index (χ1) is 7.63. The van der Waals surface area contributed by atoms with E-state index in [0.29, 0.717) is 11.3 Å². The Hall–Kier alpha value is -1.41. The Bertz CT molecular complexity index is 418. The number of aromatic nitrogens is 1. The molecule has 0 amide bonds. The van der Waals surface area contributed by atoms with Gasteiger partial charge in [0.25, 0.3) is 6.43 Å². The second kappa shape index (κ2) is 5.61. The van der Waals surface area contributed by atoms with Crippen LogP contribution in [0.15, 0.2) is 6.07 Å². The standard InChI is InChI=1S/C10H9ClF2N2O/c1-16-10-7(9(12)13)4-6(5-11)8(15-10)2-3-14/h4,9H,2,5H2,1H3. The third kappa shape index (κ3) is 2.58. The van der Waals surface area contributed by atoms with Crippen molar-refractivity contribution in [2.45, 2.75) is 18.7 Å². The molecule has 0 N–H and O–H groups in total. The molecule has 0 fully saturated rings. The number of nitrogens with zero attached hydrogens (tertiary/aromatic N) is 2. The van der Waals surface area contributed by atoms with Gasteiger partial charge in [0, 0.05) is 5.88 Å². The van der Waals surface area contributed by atoms with Gasteiger partial charge in [-0.1, -0.05) is 0 Å². The molecule has 0 aromatic carbocycles. The molecule has 0 spiro atoms. The molecule has 3 nitrogen and oxygen atoms in total. The summed E-state index contributed by atoms with van der Waals surface area (Å²) in [6, 6.07) is 3.13. The Labute approximate surface area is 96.6 Å². The average Bonchev–Trinajstić information content (AvgIpc) is 2.28. The van der Waals surface area contributed by atoms with E-state index in [9.17, 15) is 8.78 Å². The van der Waals surface area contributed by atoms with Gasteiger partial charge in [0.15, 0.2) is 0 Å². The van der Waals surface area contributed by atoms with Gasteiger partial charge in [-0.3, -0.25) is 0 Å². The van der Waals surface area contributed by atoms with Crippen molar-refractivity contribution in [3.8, 4) is 11.9 Å². The molecule has 0 atom stereocenters. The highest BCUT2D eigenvalue weighted by molar-refractivity contribution is 6.17. The summed E-state index contributed by atoms with van der Waals surface area (Å²) in [4.78, 5) is 3.86. The Kier molecular flexibility index (Phi) is 4.44. The number of hydrogen-bond acceptors (Lipinski definition) is 3. The first-order valence-electron chi connectivity index (χ1n) is 4.41. The lowest BCUT2D eigenvalue weighted by Crippen LogP contribution is -2.03. The molecule has 0 saturated heterocycles. The molecule has 6 heteroatoms. The summed E-state index contributed by atoms with van der Waals surface area (Å²) in [5.41, 5.74) is 0.498. The summed E-state index contributed by atoms with van der Waals surface area (Å²) in [6.45, 7) is 0. The largest absolute Gasteiger partial charge is 0.481 e. The van der Waals surface area contributed by atoms with E-state index in [2.05, 4.69) is 4.98 Å². The number of pyridine rings is 1. The monoisotopic (exact) mass is 246 g/mol. The summed E-state index contributed by atoms with van der Waals surface area (Å²) in [5, 5.41) is 8.56. The molecule has 16 heavy (non-hydrogen) atoms. The lowest BCUT2D eigenvalue weighted by Gasteiger charge is -2.11. The zero-order valence-corrected chi connectivity index (χ0v) is 9.26. The third-order valence-corrected chi connectivity index (χ3v) is 2.29. The van der Waals surface area contributed by atoms with Crippen LogP contribution in [0.2, 0.25) is 0 Å². The van der Waals surface area contributed by atoms with Crippen molar-refractivity contribution in [1.82, 2.24) is 4.98 Å². The van der Waals surface area contributed by atoms with Crippen LogP contribution in [0.25, 0.3) is 0 Å². The Morgan fingerprint density at radius 3 is 2.75 bits per heavy atom. The molecule has 1 heterocycles. The summed E-state index contributed by atoms with van der Waals surface area (Å²) < 4.78 is 30.0. The minimum Gasteiger partial charge on any atom is -0.481 e. The van der Waals surface area contributed by atoms with Gasteiger partial charge in [0.05, 0.1) is 30.9 Å². The topological polar surface area (TPSA) is 45.9 Å². The van der Waals surface area contributed by atoms with Gasteiger partial charge in [-0.05, 0) is 11.6 Å². The highest BCUT2D eigenvalue weighted by atomic mass is 35.5. The minimum absolute atomic E-state index is 0.0158. The van der Waals surface area contributed by atoms with Crippen LogP contribution in [-0.4, -0.2) is 12.1 Å². The Morgan fingerprint density at radius 2 is 2.31 bits per heavy atom. The molecular weight excluding hydrogens is 238 g/mol. The van der Waals surface area contributed by atoms with Crippen molar-refractivity contribution in [3.63, 3.8) is 0 Å². The van der Waals surface area contributed by atoms with Crippen LogP contribution in [0.3, 0.4) is 0 Å². The Morgan fingerprint density at radius 1 is 1.62 bits per heavy atom. The fraction of sp³-hybridized carbons (Fsp3) is 0.400. The molecule has 0 saturated carbocycles. The van der Waals surface area contributed by atoms with Crippen molar-refractivity contribution in [2.75, 3.05) is 7.11 Å². The third-order valence-electron chi connectivity index (χ3n) is 2.00. The molecule has 0 aliphatic rings. The molecule has 0 bridgehead atoms. The zero-order chi connectivity index (χ0) is 12.1. The molecule has 0 unspecified atom stereocenters. The minimum atomic E-state index is -2.68. The maximum Gasteiger partial charge on any atom is 0.269 e. The average molecular weight is 247 g/mol. The van der Waals surface area contributed by atoms with Crippen LogP contribution in [0.1, 0.15) is 23.2 Å². The number of alkyl halides is 3. The predicted octanol–water partition coefficient (Wildman–Crippen LogP) is 2.83. The summed E-state index contributed by atoms with van der Waals surface area (Å²) in [6.07, 6.45) is -2.66. The predicted molar refractivity (Wildman–Crippen MR) is 54.6 cm³/mol. The van der Waals surface area contributed by atoms with Crippen molar-refractivity contribution in [1.29, 1.82) is 5.26 Å². The molecule has 1 aromatic heterocycles. The number of hydrogen-bond donors (Lipinski definition) is 0. The number of methoxy groups -OCH3 is 1. The first kappa shape index (κ1) is 12.7. The maximum absolute atomic E-state index is 12.6. The van der Waals surface area contributed by atoms with Crippen molar-refractivity contribution in [3.05, 3.63) is 22.9 Å². The van der Waals surface area contributed by atoms with Gasteiger partial charge in [0.1, 0.15) is 0 Å². The number of rotatable bonds is 4. The van der Waals surface area contributed by atoms with Crippen LogP contribution in [0.4, 0.5) is 8.78 Å². The lowest BCUT2D eigenvalue weighted by atomic mass is 10.1. The zero-order valence-electron chi connectivity index (χ0n) is 8.51. The van der Waals surface area contributed by atoms with E-state index in [1.807, 2.05) is 6.07 Å². The molecular formula is C10H9ClF2N2O. The molecule has 86 valence electrons. The normalized spacial score (nSPS) is 10.2. The van der Waals surface area contributed by atoms with Gasteiger partial charge in [-0.25, -0.2) is 13.8 Å². The highest BCUT2D eigenvalue weighted by Crippen LogP contribution is 2.29. The summed E-state index contributed by atoms with van der Waals surface area (Å²) in [7, 11) is 1.25. The highest BCUT2D eigenvalue weighted by Gasteiger charge is 2.18. The van der Waals surface area contributed by atoms with E-state index in [1.165, 1.54) is 13.2 Å². The fourth-order valence-corrected chi connectivity index (χ4v) is 1.49. The van der Waals surface area contributed by atoms with E-state index in [-0.39, 0.29) is 23.7 Å². The lowest BCUT2D eigenvalue weighted by molar-refractivity contribution is 0.146. The first-order valence-corrected chi connectivity index (χ1v) is 4.95. The van der Waals surface area contributed by atoms with E-state index in [1.54, 1.807) is 0 Å². The van der Waals surface area contributed by atoms with Crippen LogP contribution in [0.5, 0.6) is 5.88 Å². The van der Waals surface area contributed by atoms with Crippen LogP contribution >= 0.6 is 11.6 Å². The van der Waals surface area contributed by atoms with Gasteiger partial charge in [0.2, 0.25) is 5.88 Å². The summed E-state index contributed by atoms with van der Waals surface area (Å²) in [5.74, 6) is -0.123. The van der Waals surface area contributed by atoms with Gasteiger partial charge < -0.3 is 4.74 Å². The number of ether oxygens (including phenoxy) is 1. The van der Waals surface area contributed by atoms with Crippen LogP contribution in [-0.2, 0) is 12.3 Å². The fourth-order valence-electron chi connectivity index (χ4n) is 1.26. The SMILES string of the molecule is COc1nc(CC#N)c(CCl)cc1C(F)F. The van der Waals surface area contributed by atoms with E-state index in [4.69, 9.17) is 21.6 Å². The molecule has 1 rings (SSSR count). The quantitative estimate of drug-likeness (QED) is 0.768. The van der Waals surface area contributed by atoms with Crippen molar-refractivity contribution >= 4 is 11.6 Å². The van der Waals surface area contributed by atoms with E-state index in [0.717, 1.165) is 0 Å². The van der Waals surface area contributed by atoms with Gasteiger partial charge in [-0.15, -0.1) is 11.6 Å². The molecule has 0 radical (unpaired) electrons. The Balaban J connectivity index is 3.29. The van der Waals surface area contributed by atoms with Crippen molar-refractivity contribution < 1.29 is 13.5 Å². The second-order valence-electron chi connectivity index (χ2n) is 2.96. The number of halogens is 3. The maximum atomic E-state index is 12.6. The second-order valence-corrected chi connectivity index (χ2v) is 3.23. The van der Waals surface area contributed by atoms with E-state index < -0.39 is 6.43 Å². The smallest absolute Gasteiger partial charge is 0.269 e. The van der Waals surface area contributed by atoms with Crippen LogP contribution in [0, 0.1) is 11.3 Å². The number of nitriles is 1. The molecule has 1 aromatic rings. The van der Waals surface area contributed by atoms with E-state index >= 15 is 0 Å². The summed E-state index contributed by atoms with van der Waals surface area (Å²) >= 11 is 5.60. The van der Waals surface area contributed by atoms with Gasteiger partial charge >= 0.3 is 0 Å². The molecule has 0 aliphatic heterocycles. The van der Waals surface area contributed by atoms with Crippen LogP contribution < -0.4 is 4.74 Å². The molecule has 0 aliphatic carbocycles.